The Morgan fingerprint density at radius 3 is 2.72 bits per heavy atom. The average molecular weight is 253 g/mol. The van der Waals surface area contributed by atoms with Gasteiger partial charge < -0.3 is 15.1 Å². The maximum Gasteiger partial charge on any atom is 0.239 e. The van der Waals surface area contributed by atoms with E-state index >= 15 is 0 Å². The van der Waals surface area contributed by atoms with Crippen molar-refractivity contribution in [2.24, 2.45) is 0 Å². The molecular formula is C14H27N3O. The van der Waals surface area contributed by atoms with Crippen LogP contribution in [0.2, 0.25) is 0 Å². The normalized spacial score (nSPS) is 26.8. The van der Waals surface area contributed by atoms with Crippen LogP contribution in [0.1, 0.15) is 39.0 Å². The van der Waals surface area contributed by atoms with Gasteiger partial charge in [-0.3, -0.25) is 4.79 Å². The van der Waals surface area contributed by atoms with Crippen LogP contribution in [-0.4, -0.2) is 61.0 Å². The first-order valence-corrected chi connectivity index (χ1v) is 7.29. The lowest BCUT2D eigenvalue weighted by Crippen LogP contribution is -2.54. The highest BCUT2D eigenvalue weighted by Crippen LogP contribution is 2.23. The second-order valence-electron chi connectivity index (χ2n) is 6.11. The molecule has 0 aromatic carbocycles. The standard InChI is InChI=1S/C14H27N3O/c1-11(8-10-16(2)3)17-9-4-5-13(14(17)18)15-12-6-7-12/h11-13,15H,4-10H2,1-3H3. The van der Waals surface area contributed by atoms with Gasteiger partial charge in [-0.25, -0.2) is 0 Å². The summed E-state index contributed by atoms with van der Waals surface area (Å²) in [5.74, 6) is 0.333. The van der Waals surface area contributed by atoms with Crippen LogP contribution in [0, 0.1) is 0 Å². The number of rotatable bonds is 6. The van der Waals surface area contributed by atoms with Crippen molar-refractivity contribution in [2.45, 2.75) is 57.2 Å². The molecule has 2 atom stereocenters. The Morgan fingerprint density at radius 1 is 1.39 bits per heavy atom. The lowest BCUT2D eigenvalue weighted by atomic mass is 10.0. The van der Waals surface area contributed by atoms with E-state index in [1.54, 1.807) is 0 Å². The van der Waals surface area contributed by atoms with E-state index in [1.807, 2.05) is 0 Å². The third-order valence-corrected chi connectivity index (χ3v) is 4.01. The predicted molar refractivity (Wildman–Crippen MR) is 73.5 cm³/mol. The van der Waals surface area contributed by atoms with Crippen molar-refractivity contribution in [1.82, 2.24) is 15.1 Å². The molecule has 104 valence electrons. The summed E-state index contributed by atoms with van der Waals surface area (Å²) in [5.41, 5.74) is 0. The second kappa shape index (κ2) is 6.02. The number of hydrogen-bond donors (Lipinski definition) is 1. The minimum Gasteiger partial charge on any atom is -0.339 e. The van der Waals surface area contributed by atoms with E-state index in [0.717, 1.165) is 32.4 Å². The summed E-state index contributed by atoms with van der Waals surface area (Å²) in [6, 6.07) is 1.08. The number of carbonyl (C=O) groups is 1. The van der Waals surface area contributed by atoms with Crippen molar-refractivity contribution in [3.05, 3.63) is 0 Å². The molecule has 2 unspecified atom stereocenters. The lowest BCUT2D eigenvalue weighted by Gasteiger charge is -2.37. The summed E-state index contributed by atoms with van der Waals surface area (Å²) in [5, 5.41) is 3.49. The minimum atomic E-state index is 0.0908. The molecule has 1 saturated heterocycles. The molecule has 2 rings (SSSR count). The SMILES string of the molecule is CC(CCN(C)C)N1CCCC(NC2CC2)C1=O. The van der Waals surface area contributed by atoms with E-state index in [-0.39, 0.29) is 6.04 Å². The Morgan fingerprint density at radius 2 is 2.11 bits per heavy atom. The maximum absolute atomic E-state index is 12.4. The number of hydrogen-bond acceptors (Lipinski definition) is 3. The Bertz CT molecular complexity index is 289. The van der Waals surface area contributed by atoms with Crippen LogP contribution in [0.4, 0.5) is 0 Å². The molecule has 0 bridgehead atoms. The second-order valence-corrected chi connectivity index (χ2v) is 6.11. The first-order valence-electron chi connectivity index (χ1n) is 7.29. The summed E-state index contributed by atoms with van der Waals surface area (Å²) in [7, 11) is 4.17. The van der Waals surface area contributed by atoms with Crippen molar-refractivity contribution >= 4 is 5.91 Å². The zero-order valence-electron chi connectivity index (χ0n) is 12.0. The molecule has 0 spiro atoms. The molecule has 0 radical (unpaired) electrons. The summed E-state index contributed by atoms with van der Waals surface area (Å²) in [6.07, 6.45) is 5.73. The fourth-order valence-electron chi connectivity index (χ4n) is 2.63. The molecule has 1 amide bonds. The molecule has 0 aromatic rings. The predicted octanol–water partition coefficient (Wildman–Crippen LogP) is 1.07. The minimum absolute atomic E-state index is 0.0908. The molecule has 4 nitrogen and oxygen atoms in total. The van der Waals surface area contributed by atoms with Gasteiger partial charge in [-0.15, -0.1) is 0 Å². The van der Waals surface area contributed by atoms with Crippen LogP contribution in [0.5, 0.6) is 0 Å². The van der Waals surface area contributed by atoms with E-state index in [9.17, 15) is 4.79 Å². The molecule has 1 aliphatic carbocycles. The van der Waals surface area contributed by atoms with Crippen molar-refractivity contribution < 1.29 is 4.79 Å². The summed E-state index contributed by atoms with van der Waals surface area (Å²) in [4.78, 5) is 16.7. The molecular weight excluding hydrogens is 226 g/mol. The Balaban J connectivity index is 1.84. The van der Waals surface area contributed by atoms with Crippen LogP contribution in [-0.2, 0) is 4.79 Å². The van der Waals surface area contributed by atoms with E-state index in [2.05, 4.69) is 36.1 Å². The van der Waals surface area contributed by atoms with Crippen LogP contribution < -0.4 is 5.32 Å². The van der Waals surface area contributed by atoms with Crippen LogP contribution in [0.15, 0.2) is 0 Å². The van der Waals surface area contributed by atoms with Crippen molar-refractivity contribution in [1.29, 1.82) is 0 Å². The van der Waals surface area contributed by atoms with Gasteiger partial charge in [0.25, 0.3) is 0 Å². The van der Waals surface area contributed by atoms with Crippen molar-refractivity contribution in [2.75, 3.05) is 27.2 Å². The first kappa shape index (κ1) is 13.8. The Labute approximate surface area is 111 Å². The lowest BCUT2D eigenvalue weighted by molar-refractivity contribution is -0.138. The van der Waals surface area contributed by atoms with Crippen molar-refractivity contribution in [3.8, 4) is 0 Å². The topological polar surface area (TPSA) is 35.6 Å². The fourth-order valence-corrected chi connectivity index (χ4v) is 2.63. The fraction of sp³-hybridized carbons (Fsp3) is 0.929. The molecule has 1 heterocycles. The zero-order chi connectivity index (χ0) is 13.1. The Hall–Kier alpha value is -0.610. The highest BCUT2D eigenvalue weighted by molar-refractivity contribution is 5.83. The van der Waals surface area contributed by atoms with Gasteiger partial charge in [-0.2, -0.15) is 0 Å². The quantitative estimate of drug-likeness (QED) is 0.769. The smallest absolute Gasteiger partial charge is 0.239 e. The molecule has 1 N–H and O–H groups in total. The van der Waals surface area contributed by atoms with E-state index < -0.39 is 0 Å². The third-order valence-electron chi connectivity index (χ3n) is 4.01. The summed E-state index contributed by atoms with van der Waals surface area (Å²) in [6.45, 7) is 4.17. The largest absolute Gasteiger partial charge is 0.339 e. The monoisotopic (exact) mass is 253 g/mol. The van der Waals surface area contributed by atoms with Crippen LogP contribution in [0.3, 0.4) is 0 Å². The van der Waals surface area contributed by atoms with Gasteiger partial charge in [0.2, 0.25) is 5.91 Å². The molecule has 1 aliphatic heterocycles. The molecule has 4 heteroatoms. The highest BCUT2D eigenvalue weighted by atomic mass is 16.2. The van der Waals surface area contributed by atoms with Gasteiger partial charge in [0.15, 0.2) is 0 Å². The molecule has 1 saturated carbocycles. The molecule has 2 fully saturated rings. The Kier molecular flexibility index (Phi) is 4.62. The first-order chi connectivity index (χ1) is 8.58. The number of amides is 1. The van der Waals surface area contributed by atoms with Crippen molar-refractivity contribution in [3.63, 3.8) is 0 Å². The number of nitrogens with zero attached hydrogens (tertiary/aromatic N) is 2. The van der Waals surface area contributed by atoms with E-state index in [1.165, 1.54) is 12.8 Å². The van der Waals surface area contributed by atoms with Gasteiger partial charge in [-0.1, -0.05) is 0 Å². The molecule has 18 heavy (non-hydrogen) atoms. The number of nitrogens with one attached hydrogen (secondary N) is 1. The third kappa shape index (κ3) is 3.69. The maximum atomic E-state index is 12.4. The molecule has 0 aromatic heterocycles. The van der Waals surface area contributed by atoms with E-state index in [4.69, 9.17) is 0 Å². The van der Waals surface area contributed by atoms with Gasteiger partial charge in [-0.05, 0) is 59.7 Å². The number of likely N-dealkylation sites (tertiary alicyclic amines) is 1. The van der Waals surface area contributed by atoms with Gasteiger partial charge in [0, 0.05) is 18.6 Å². The summed E-state index contributed by atoms with van der Waals surface area (Å²) < 4.78 is 0. The summed E-state index contributed by atoms with van der Waals surface area (Å²) >= 11 is 0. The van der Waals surface area contributed by atoms with Gasteiger partial charge in [0.05, 0.1) is 6.04 Å². The average Bonchev–Trinajstić information content (AvgIpc) is 3.12. The van der Waals surface area contributed by atoms with Gasteiger partial charge >= 0.3 is 0 Å². The number of piperidine rings is 1. The van der Waals surface area contributed by atoms with Gasteiger partial charge in [0.1, 0.15) is 0 Å². The number of carbonyl (C=O) groups excluding carboxylic acids is 1. The molecule has 2 aliphatic rings. The zero-order valence-corrected chi connectivity index (χ0v) is 12.0. The highest BCUT2D eigenvalue weighted by Gasteiger charge is 2.34. The van der Waals surface area contributed by atoms with E-state index in [0.29, 0.717) is 18.0 Å². The van der Waals surface area contributed by atoms with Crippen LogP contribution in [0.25, 0.3) is 0 Å². The van der Waals surface area contributed by atoms with Crippen LogP contribution >= 0.6 is 0 Å².